The first-order chi connectivity index (χ1) is 12.2. The van der Waals surface area contributed by atoms with Gasteiger partial charge in [-0.2, -0.15) is 0 Å². The molecule has 15 heteroatoms. The molecule has 1 saturated heterocycles. The molecule has 27 heavy (non-hydrogen) atoms. The fraction of sp³-hybridized carbons (Fsp3) is 0.917. The molecule has 0 bridgehead atoms. The maximum absolute atomic E-state index is 11.6. The lowest BCUT2D eigenvalue weighted by Gasteiger charge is -2.47. The summed E-state index contributed by atoms with van der Waals surface area (Å²) in [4.78, 5) is 63.1. The lowest BCUT2D eigenvalue weighted by atomic mass is 9.91. The van der Waals surface area contributed by atoms with E-state index < -0.39 is 57.0 Å². The van der Waals surface area contributed by atoms with Crippen molar-refractivity contribution in [1.82, 2.24) is 5.06 Å². The first-order valence-electron chi connectivity index (χ1n) is 7.62. The molecule has 1 fully saturated rings. The molecule has 15 nitrogen and oxygen atoms in total. The maximum Gasteiger partial charge on any atom is 0.322 e. The van der Waals surface area contributed by atoms with Crippen molar-refractivity contribution in [3.8, 4) is 0 Å². The topological polar surface area (TPSA) is 187 Å². The first kappa shape index (κ1) is 22.1. The Balaban J connectivity index is 3.57. The van der Waals surface area contributed by atoms with Crippen LogP contribution in [0.25, 0.3) is 0 Å². The molecule has 0 radical (unpaired) electrons. The number of carbonyl (C=O) groups is 1. The van der Waals surface area contributed by atoms with Crippen LogP contribution in [0, 0.1) is 30.3 Å². The number of hydrogen-bond donors (Lipinski definition) is 0. The molecule has 3 atom stereocenters. The largest absolute Gasteiger partial charge is 0.367 e. The molecule has 1 aliphatic heterocycles. The van der Waals surface area contributed by atoms with Crippen LogP contribution in [0.4, 0.5) is 0 Å². The summed E-state index contributed by atoms with van der Waals surface area (Å²) in [7, 11) is 0. The Bertz CT molecular complexity index is 622. The van der Waals surface area contributed by atoms with Crippen LogP contribution in [0.2, 0.25) is 0 Å². The number of carbonyl (C=O) groups excluding carboxylic acids is 1. The lowest BCUT2D eigenvalue weighted by molar-refractivity contribution is -0.803. The van der Waals surface area contributed by atoms with E-state index in [1.54, 1.807) is 0 Å². The first-order valence-corrected chi connectivity index (χ1v) is 7.62. The van der Waals surface area contributed by atoms with Crippen molar-refractivity contribution in [3.05, 3.63) is 30.3 Å². The van der Waals surface area contributed by atoms with E-state index in [1.807, 2.05) is 0 Å². The van der Waals surface area contributed by atoms with Gasteiger partial charge in [-0.05, 0) is 27.7 Å². The summed E-state index contributed by atoms with van der Waals surface area (Å²) in [6.07, 6.45) is -5.24. The minimum Gasteiger partial charge on any atom is -0.367 e. The summed E-state index contributed by atoms with van der Waals surface area (Å²) in [5.41, 5.74) is -3.03. The van der Waals surface area contributed by atoms with Gasteiger partial charge in [0.2, 0.25) is 0 Å². The molecule has 0 aromatic rings. The molecule has 0 spiro atoms. The van der Waals surface area contributed by atoms with Gasteiger partial charge < -0.3 is 19.4 Å². The van der Waals surface area contributed by atoms with Gasteiger partial charge in [0.05, 0.1) is 11.1 Å². The molecule has 0 aliphatic carbocycles. The maximum atomic E-state index is 11.6. The molecule has 0 aromatic heterocycles. The zero-order valence-electron chi connectivity index (χ0n) is 15.2. The van der Waals surface area contributed by atoms with Crippen molar-refractivity contribution in [2.45, 2.75) is 70.4 Å². The van der Waals surface area contributed by atoms with Crippen molar-refractivity contribution in [3.63, 3.8) is 0 Å². The van der Waals surface area contributed by atoms with Gasteiger partial charge in [-0.25, -0.2) is 0 Å². The van der Waals surface area contributed by atoms with Gasteiger partial charge >= 0.3 is 5.97 Å². The zero-order valence-corrected chi connectivity index (χ0v) is 15.2. The van der Waals surface area contributed by atoms with Crippen LogP contribution in [-0.4, -0.2) is 55.7 Å². The average molecular weight is 396 g/mol. The summed E-state index contributed by atoms with van der Waals surface area (Å²) in [5, 5.41) is 30.1. The summed E-state index contributed by atoms with van der Waals surface area (Å²) >= 11 is 0. The lowest BCUT2D eigenvalue weighted by Crippen LogP contribution is -2.64. The van der Waals surface area contributed by atoms with E-state index in [1.165, 1.54) is 27.7 Å². The minimum atomic E-state index is -1.66. The Morgan fingerprint density at radius 1 is 0.926 bits per heavy atom. The highest BCUT2D eigenvalue weighted by Crippen LogP contribution is 2.41. The smallest absolute Gasteiger partial charge is 0.322 e. The van der Waals surface area contributed by atoms with E-state index in [0.717, 1.165) is 12.0 Å². The summed E-state index contributed by atoms with van der Waals surface area (Å²) in [5.74, 6) is -0.829. The standard InChI is InChI=1S/C12H20N4O11/c1-7(17)24-13-11(2,3)9(26-15(20)21)6-8(25-14(18)19)10(12(13,4)5)27-16(22)23/h8-10H,6H2,1-5H3. The van der Waals surface area contributed by atoms with Crippen LogP contribution < -0.4 is 0 Å². The highest BCUT2D eigenvalue weighted by molar-refractivity contribution is 5.65. The van der Waals surface area contributed by atoms with Crippen LogP contribution in [0.1, 0.15) is 41.0 Å². The van der Waals surface area contributed by atoms with E-state index >= 15 is 0 Å². The van der Waals surface area contributed by atoms with Crippen LogP contribution in [0.3, 0.4) is 0 Å². The van der Waals surface area contributed by atoms with Gasteiger partial charge in [0.25, 0.3) is 15.3 Å². The molecule has 1 heterocycles. The van der Waals surface area contributed by atoms with Crippen molar-refractivity contribution in [2.24, 2.45) is 0 Å². The number of hydrogen-bond acceptors (Lipinski definition) is 12. The molecule has 3 unspecified atom stereocenters. The third kappa shape index (κ3) is 5.02. The minimum absolute atomic E-state index is 0.533. The van der Waals surface area contributed by atoms with E-state index in [4.69, 9.17) is 4.84 Å². The normalized spacial score (nSPS) is 26.9. The van der Waals surface area contributed by atoms with Gasteiger partial charge in [-0.15, -0.1) is 35.4 Å². The van der Waals surface area contributed by atoms with Gasteiger partial charge in [0, 0.05) is 13.3 Å². The molecular weight excluding hydrogens is 376 g/mol. The van der Waals surface area contributed by atoms with Gasteiger partial charge in [0.15, 0.2) is 6.10 Å². The number of rotatable bonds is 7. The van der Waals surface area contributed by atoms with Gasteiger partial charge in [-0.1, -0.05) is 0 Å². The Kier molecular flexibility index (Phi) is 6.32. The number of hydroxylamine groups is 2. The monoisotopic (exact) mass is 396 g/mol. The summed E-state index contributed by atoms with van der Waals surface area (Å²) < 4.78 is 0. The highest BCUT2D eigenvalue weighted by atomic mass is 17.0. The van der Waals surface area contributed by atoms with E-state index in [-0.39, 0.29) is 0 Å². The zero-order chi connectivity index (χ0) is 21.2. The molecule has 0 amide bonds. The van der Waals surface area contributed by atoms with Crippen LogP contribution in [-0.2, 0) is 24.1 Å². The van der Waals surface area contributed by atoms with Crippen LogP contribution in [0.5, 0.6) is 0 Å². The second kappa shape index (κ2) is 7.73. The van der Waals surface area contributed by atoms with E-state index in [9.17, 15) is 35.1 Å². The van der Waals surface area contributed by atoms with Crippen LogP contribution in [0.15, 0.2) is 0 Å². The molecule has 0 N–H and O–H groups in total. The highest BCUT2D eigenvalue weighted by Gasteiger charge is 2.58. The Labute approximate surface area is 152 Å². The fourth-order valence-electron chi connectivity index (χ4n) is 3.21. The third-order valence-electron chi connectivity index (χ3n) is 4.17. The third-order valence-corrected chi connectivity index (χ3v) is 4.17. The quantitative estimate of drug-likeness (QED) is 0.428. The second-order valence-corrected chi connectivity index (χ2v) is 6.86. The Morgan fingerprint density at radius 3 is 1.81 bits per heavy atom. The molecule has 1 aliphatic rings. The Hall–Kier alpha value is -2.97. The van der Waals surface area contributed by atoms with Gasteiger partial charge in [-0.3, -0.25) is 4.79 Å². The van der Waals surface area contributed by atoms with E-state index in [0.29, 0.717) is 0 Å². The second-order valence-electron chi connectivity index (χ2n) is 6.86. The predicted molar refractivity (Wildman–Crippen MR) is 82.0 cm³/mol. The van der Waals surface area contributed by atoms with Gasteiger partial charge in [0.1, 0.15) is 12.2 Å². The van der Waals surface area contributed by atoms with Crippen molar-refractivity contribution < 1.29 is 39.4 Å². The molecule has 0 saturated carbocycles. The van der Waals surface area contributed by atoms with Crippen molar-refractivity contribution in [2.75, 3.05) is 0 Å². The molecular formula is C12H20N4O11. The summed E-state index contributed by atoms with van der Waals surface area (Å²) in [6.45, 7) is 6.55. The number of nitrogens with zero attached hydrogens (tertiary/aromatic N) is 4. The van der Waals surface area contributed by atoms with Crippen molar-refractivity contribution in [1.29, 1.82) is 0 Å². The molecule has 154 valence electrons. The predicted octanol–water partition coefficient (Wildman–Crippen LogP) is 0.458. The van der Waals surface area contributed by atoms with Crippen LogP contribution >= 0.6 is 0 Å². The SMILES string of the molecule is CC(=O)ON1C(C)(C)C(O[N+](=O)[O-])CC(O[N+](=O)[O-])C(O[N+](=O)[O-])C1(C)C. The molecule has 0 aromatic carbocycles. The Morgan fingerprint density at radius 2 is 1.41 bits per heavy atom. The summed E-state index contributed by atoms with van der Waals surface area (Å²) in [6, 6.07) is 0. The fourth-order valence-corrected chi connectivity index (χ4v) is 3.21. The van der Waals surface area contributed by atoms with Crippen molar-refractivity contribution >= 4 is 5.97 Å². The van der Waals surface area contributed by atoms with E-state index in [2.05, 4.69) is 14.5 Å². The molecule has 1 rings (SSSR count). The average Bonchev–Trinajstić information content (AvgIpc) is 2.50.